The highest BCUT2D eigenvalue weighted by Crippen LogP contribution is 2.46. The highest BCUT2D eigenvalue weighted by molar-refractivity contribution is 5.35. The maximum atomic E-state index is 13.3. The first kappa shape index (κ1) is 16.3. The molecule has 1 unspecified atom stereocenters. The van der Waals surface area contributed by atoms with Gasteiger partial charge in [0.1, 0.15) is 0 Å². The molecule has 5 heteroatoms. The maximum Gasteiger partial charge on any atom is 0.416 e. The fraction of sp³-hybridized carbons (Fsp3) is 0.625. The van der Waals surface area contributed by atoms with Gasteiger partial charge in [0.2, 0.25) is 0 Å². The van der Waals surface area contributed by atoms with Gasteiger partial charge in [-0.3, -0.25) is 0 Å². The van der Waals surface area contributed by atoms with E-state index in [-0.39, 0.29) is 11.6 Å². The van der Waals surface area contributed by atoms with E-state index in [1.807, 2.05) is 14.1 Å². The molecule has 1 fully saturated rings. The molecule has 0 heterocycles. The van der Waals surface area contributed by atoms with Gasteiger partial charge in [0.15, 0.2) is 0 Å². The van der Waals surface area contributed by atoms with Crippen LogP contribution < -0.4 is 5.32 Å². The lowest BCUT2D eigenvalue weighted by molar-refractivity contribution is -0.138. The predicted molar refractivity (Wildman–Crippen MR) is 78.1 cm³/mol. The molecule has 0 saturated heterocycles. The molecule has 0 radical (unpaired) electrons. The Kier molecular flexibility index (Phi) is 4.63. The van der Waals surface area contributed by atoms with Gasteiger partial charge in [-0.1, -0.05) is 31.0 Å². The van der Waals surface area contributed by atoms with Crippen LogP contribution in [0, 0.1) is 0 Å². The lowest BCUT2D eigenvalue weighted by atomic mass is 9.80. The molecule has 1 aromatic rings. The molecule has 0 aliphatic heterocycles. The van der Waals surface area contributed by atoms with Crippen LogP contribution in [0.25, 0.3) is 0 Å². The van der Waals surface area contributed by atoms with E-state index in [4.69, 9.17) is 0 Å². The van der Waals surface area contributed by atoms with E-state index < -0.39 is 11.7 Å². The van der Waals surface area contributed by atoms with Crippen molar-refractivity contribution in [1.82, 2.24) is 10.2 Å². The van der Waals surface area contributed by atoms with Crippen LogP contribution in [0.4, 0.5) is 13.2 Å². The van der Waals surface area contributed by atoms with Crippen LogP contribution in [0.2, 0.25) is 0 Å². The van der Waals surface area contributed by atoms with Gasteiger partial charge >= 0.3 is 6.18 Å². The first-order valence-corrected chi connectivity index (χ1v) is 7.34. The summed E-state index contributed by atoms with van der Waals surface area (Å²) >= 11 is 0. The predicted octanol–water partition coefficient (Wildman–Crippen LogP) is 3.84. The van der Waals surface area contributed by atoms with Crippen LogP contribution >= 0.6 is 0 Å². The Morgan fingerprint density at radius 3 is 2.19 bits per heavy atom. The fourth-order valence-corrected chi connectivity index (χ4v) is 3.70. The minimum Gasteiger partial charge on any atom is -0.311 e. The van der Waals surface area contributed by atoms with Crippen LogP contribution in [0.1, 0.15) is 42.9 Å². The van der Waals surface area contributed by atoms with Crippen LogP contribution in [0.3, 0.4) is 0 Å². The van der Waals surface area contributed by atoms with Gasteiger partial charge in [-0.2, -0.15) is 13.2 Å². The van der Waals surface area contributed by atoms with Gasteiger partial charge in [-0.05, 0) is 45.6 Å². The third-order valence-corrected chi connectivity index (χ3v) is 4.76. The Hall–Kier alpha value is -1.07. The molecule has 0 aromatic heterocycles. The molecule has 2 nitrogen and oxygen atoms in total. The highest BCUT2D eigenvalue weighted by Gasteiger charge is 2.46. The van der Waals surface area contributed by atoms with Crippen molar-refractivity contribution in [2.24, 2.45) is 0 Å². The number of hydrogen-bond donors (Lipinski definition) is 1. The summed E-state index contributed by atoms with van der Waals surface area (Å²) in [4.78, 5) is 2.09. The molecular formula is C16H23F3N2. The second-order valence-corrected chi connectivity index (χ2v) is 6.01. The number of benzene rings is 1. The third kappa shape index (κ3) is 2.94. The molecule has 21 heavy (non-hydrogen) atoms. The molecule has 0 amide bonds. The molecule has 1 atom stereocenters. The van der Waals surface area contributed by atoms with Crippen molar-refractivity contribution in [1.29, 1.82) is 0 Å². The summed E-state index contributed by atoms with van der Waals surface area (Å²) in [7, 11) is 5.68. The number of nitrogens with zero attached hydrogens (tertiary/aromatic N) is 1. The van der Waals surface area contributed by atoms with Crippen LogP contribution in [0.5, 0.6) is 0 Å². The van der Waals surface area contributed by atoms with E-state index in [9.17, 15) is 13.2 Å². The topological polar surface area (TPSA) is 15.3 Å². The van der Waals surface area contributed by atoms with Crippen molar-refractivity contribution in [3.05, 3.63) is 35.4 Å². The first-order chi connectivity index (χ1) is 9.83. The SMILES string of the molecule is CNC(c1ccccc1C(F)(F)F)C1(N(C)C)CCCC1. The van der Waals surface area contributed by atoms with E-state index in [1.165, 1.54) is 12.1 Å². The van der Waals surface area contributed by atoms with Crippen LogP contribution in [0.15, 0.2) is 24.3 Å². The molecule has 1 aliphatic carbocycles. The number of nitrogens with one attached hydrogen (secondary N) is 1. The summed E-state index contributed by atoms with van der Waals surface area (Å²) in [5, 5.41) is 3.15. The number of likely N-dealkylation sites (N-methyl/N-ethyl adjacent to an activating group) is 2. The van der Waals surface area contributed by atoms with Crippen molar-refractivity contribution in [2.75, 3.05) is 21.1 Å². The summed E-state index contributed by atoms with van der Waals surface area (Å²) in [5.74, 6) is 0. The Morgan fingerprint density at radius 2 is 1.71 bits per heavy atom. The largest absolute Gasteiger partial charge is 0.416 e. The Morgan fingerprint density at radius 1 is 1.14 bits per heavy atom. The lowest BCUT2D eigenvalue weighted by Gasteiger charge is -2.44. The zero-order chi connectivity index (χ0) is 15.7. The smallest absolute Gasteiger partial charge is 0.311 e. The third-order valence-electron chi connectivity index (χ3n) is 4.76. The molecule has 0 spiro atoms. The minimum atomic E-state index is -4.32. The van der Waals surface area contributed by atoms with E-state index >= 15 is 0 Å². The number of hydrogen-bond acceptors (Lipinski definition) is 2. The summed E-state index contributed by atoms with van der Waals surface area (Å²) in [6.45, 7) is 0. The number of alkyl halides is 3. The van der Waals surface area contributed by atoms with E-state index in [0.29, 0.717) is 5.56 Å². The van der Waals surface area contributed by atoms with Gasteiger partial charge in [0.05, 0.1) is 11.6 Å². The van der Waals surface area contributed by atoms with Gasteiger partial charge < -0.3 is 10.2 Å². The van der Waals surface area contributed by atoms with Gasteiger partial charge in [-0.15, -0.1) is 0 Å². The second-order valence-electron chi connectivity index (χ2n) is 6.01. The van der Waals surface area contributed by atoms with Crippen molar-refractivity contribution < 1.29 is 13.2 Å². The molecule has 2 rings (SSSR count). The van der Waals surface area contributed by atoms with Gasteiger partial charge in [0, 0.05) is 5.54 Å². The standard InChI is InChI=1S/C16H23F3N2/c1-20-14(15(21(2)3)10-6-7-11-15)12-8-4-5-9-13(12)16(17,18)19/h4-5,8-9,14,20H,6-7,10-11H2,1-3H3. The molecule has 0 bridgehead atoms. The van der Waals surface area contributed by atoms with Crippen LogP contribution in [-0.2, 0) is 6.18 Å². The van der Waals surface area contributed by atoms with E-state index in [2.05, 4.69) is 10.2 Å². The highest BCUT2D eigenvalue weighted by atomic mass is 19.4. The fourth-order valence-electron chi connectivity index (χ4n) is 3.70. The Balaban J connectivity index is 2.52. The monoisotopic (exact) mass is 300 g/mol. The Bertz CT molecular complexity index is 477. The normalized spacial score (nSPS) is 20.0. The van der Waals surface area contributed by atoms with E-state index in [0.717, 1.165) is 25.7 Å². The maximum absolute atomic E-state index is 13.3. The average Bonchev–Trinajstić information content (AvgIpc) is 2.90. The Labute approximate surface area is 124 Å². The van der Waals surface area contributed by atoms with Gasteiger partial charge in [-0.25, -0.2) is 0 Å². The van der Waals surface area contributed by atoms with Crippen molar-refractivity contribution >= 4 is 0 Å². The van der Waals surface area contributed by atoms with Crippen molar-refractivity contribution in [3.8, 4) is 0 Å². The quantitative estimate of drug-likeness (QED) is 0.909. The minimum absolute atomic E-state index is 0.254. The number of halogens is 3. The van der Waals surface area contributed by atoms with Crippen molar-refractivity contribution in [2.45, 2.75) is 43.4 Å². The molecule has 1 aromatic carbocycles. The van der Waals surface area contributed by atoms with E-state index in [1.54, 1.807) is 19.2 Å². The summed E-state index contributed by atoms with van der Waals surface area (Å²) < 4.78 is 39.9. The summed E-state index contributed by atoms with van der Waals surface area (Å²) in [6.07, 6.45) is -0.373. The second kappa shape index (κ2) is 5.97. The zero-order valence-corrected chi connectivity index (χ0v) is 12.8. The van der Waals surface area contributed by atoms with Crippen LogP contribution in [-0.4, -0.2) is 31.6 Å². The molecule has 118 valence electrons. The average molecular weight is 300 g/mol. The summed E-state index contributed by atoms with van der Waals surface area (Å²) in [5.41, 5.74) is -0.434. The molecule has 1 saturated carbocycles. The lowest BCUT2D eigenvalue weighted by Crippen LogP contribution is -2.51. The van der Waals surface area contributed by atoms with Gasteiger partial charge in [0.25, 0.3) is 0 Å². The summed E-state index contributed by atoms with van der Waals surface area (Å²) in [6, 6.07) is 5.60. The van der Waals surface area contributed by atoms with Crippen molar-refractivity contribution in [3.63, 3.8) is 0 Å². The zero-order valence-electron chi connectivity index (χ0n) is 12.8. The first-order valence-electron chi connectivity index (χ1n) is 7.34. The molecule has 1 N–H and O–H groups in total. The molecule has 1 aliphatic rings. The molecular weight excluding hydrogens is 277 g/mol. The number of rotatable bonds is 4.